The third kappa shape index (κ3) is 13.1. The third-order valence-corrected chi connectivity index (χ3v) is 2.98. The Balaban J connectivity index is 0.000000428. The van der Waals surface area contributed by atoms with Crippen molar-refractivity contribution in [3.05, 3.63) is 35.9 Å². The zero-order valence-electron chi connectivity index (χ0n) is 13.4. The fourth-order valence-electron chi connectivity index (χ4n) is 1.82. The molecule has 0 atom stereocenters. The molecule has 1 aromatic rings. The van der Waals surface area contributed by atoms with Crippen molar-refractivity contribution >= 4 is 5.97 Å². The Labute approximate surface area is 124 Å². The van der Waals surface area contributed by atoms with E-state index in [2.05, 4.69) is 26.0 Å². The van der Waals surface area contributed by atoms with Crippen LogP contribution in [0.3, 0.4) is 0 Å². The smallest absolute Gasteiger partial charge is 0.305 e. The Hall–Kier alpha value is -1.31. The number of carbonyl (C=O) groups excluding carboxylic acids is 1. The molecule has 0 radical (unpaired) electrons. The molecule has 0 aliphatic rings. The van der Waals surface area contributed by atoms with Crippen molar-refractivity contribution in [1.29, 1.82) is 0 Å². The highest BCUT2D eigenvalue weighted by Gasteiger charge is 1.99. The van der Waals surface area contributed by atoms with Crippen LogP contribution in [0.2, 0.25) is 0 Å². The van der Waals surface area contributed by atoms with Crippen LogP contribution < -0.4 is 0 Å². The summed E-state index contributed by atoms with van der Waals surface area (Å²) in [6.07, 6.45) is 7.91. The maximum absolute atomic E-state index is 10.9. The van der Waals surface area contributed by atoms with Crippen molar-refractivity contribution in [1.82, 2.24) is 0 Å². The lowest BCUT2D eigenvalue weighted by atomic mass is 10.1. The lowest BCUT2D eigenvalue weighted by Gasteiger charge is -2.01. The highest BCUT2D eigenvalue weighted by molar-refractivity contribution is 5.69. The third-order valence-electron chi connectivity index (χ3n) is 2.98. The van der Waals surface area contributed by atoms with Gasteiger partial charge in [0.1, 0.15) is 0 Å². The molecule has 0 bridgehead atoms. The van der Waals surface area contributed by atoms with Gasteiger partial charge in [0.05, 0.1) is 6.61 Å². The van der Waals surface area contributed by atoms with Gasteiger partial charge in [-0.1, -0.05) is 74.9 Å². The Kier molecular flexibility index (Phi) is 13.2. The van der Waals surface area contributed by atoms with Crippen LogP contribution in [0.5, 0.6) is 0 Å². The van der Waals surface area contributed by atoms with Crippen molar-refractivity contribution < 1.29 is 9.53 Å². The van der Waals surface area contributed by atoms with Gasteiger partial charge in [-0.3, -0.25) is 4.79 Å². The number of esters is 1. The Bertz CT molecular complexity index is 319. The lowest BCUT2D eigenvalue weighted by Crippen LogP contribution is -2.03. The molecule has 20 heavy (non-hydrogen) atoms. The van der Waals surface area contributed by atoms with Gasteiger partial charge in [-0.05, 0) is 20.3 Å². The van der Waals surface area contributed by atoms with E-state index in [-0.39, 0.29) is 5.97 Å². The van der Waals surface area contributed by atoms with E-state index in [1.54, 1.807) is 0 Å². The van der Waals surface area contributed by atoms with Gasteiger partial charge in [-0.25, -0.2) is 0 Å². The number of unbranched alkanes of at least 4 members (excludes halogenated alkanes) is 5. The normalized spacial score (nSPS) is 9.55. The molecule has 0 heterocycles. The maximum atomic E-state index is 10.9. The number of carbonyl (C=O) groups is 1. The molecule has 0 saturated heterocycles. The van der Waals surface area contributed by atoms with Crippen LogP contribution in [0.15, 0.2) is 30.3 Å². The van der Waals surface area contributed by atoms with E-state index < -0.39 is 0 Å². The summed E-state index contributed by atoms with van der Waals surface area (Å²) in [5, 5.41) is 0. The fourth-order valence-corrected chi connectivity index (χ4v) is 1.82. The molecule has 0 aromatic heterocycles. The first kappa shape index (κ1) is 18.7. The molecule has 0 aliphatic carbocycles. The minimum atomic E-state index is -0.0435. The minimum Gasteiger partial charge on any atom is -0.466 e. The average molecular weight is 278 g/mol. The van der Waals surface area contributed by atoms with Crippen LogP contribution in [0.4, 0.5) is 0 Å². The fraction of sp³-hybridized carbons (Fsp3) is 0.611. The molecule has 0 aliphatic heterocycles. The van der Waals surface area contributed by atoms with Crippen molar-refractivity contribution in [2.75, 3.05) is 6.61 Å². The molecule has 0 amide bonds. The van der Waals surface area contributed by atoms with Gasteiger partial charge >= 0.3 is 5.97 Å². The van der Waals surface area contributed by atoms with Gasteiger partial charge < -0.3 is 4.74 Å². The second-order valence-electron chi connectivity index (χ2n) is 4.98. The summed E-state index contributed by atoms with van der Waals surface area (Å²) in [5.41, 5.74) is 1.32. The van der Waals surface area contributed by atoms with Crippen LogP contribution in [0.25, 0.3) is 0 Å². The molecule has 1 rings (SSSR count). The molecule has 0 fully saturated rings. The number of aryl methyl sites for hydroxylation is 1. The van der Waals surface area contributed by atoms with Gasteiger partial charge in [-0.15, -0.1) is 0 Å². The Morgan fingerprint density at radius 3 is 2.05 bits per heavy atom. The van der Waals surface area contributed by atoms with Crippen LogP contribution in [0.1, 0.15) is 64.4 Å². The van der Waals surface area contributed by atoms with Gasteiger partial charge in [0.2, 0.25) is 0 Å². The van der Waals surface area contributed by atoms with Gasteiger partial charge in [0, 0.05) is 6.42 Å². The minimum absolute atomic E-state index is 0.0435. The topological polar surface area (TPSA) is 26.3 Å². The van der Waals surface area contributed by atoms with E-state index in [9.17, 15) is 4.79 Å². The van der Waals surface area contributed by atoms with E-state index in [4.69, 9.17) is 4.74 Å². The van der Waals surface area contributed by atoms with E-state index >= 15 is 0 Å². The Morgan fingerprint density at radius 1 is 0.950 bits per heavy atom. The highest BCUT2D eigenvalue weighted by Crippen LogP contribution is 2.07. The van der Waals surface area contributed by atoms with Crippen LogP contribution in [-0.4, -0.2) is 12.6 Å². The summed E-state index contributed by atoms with van der Waals surface area (Å²) in [7, 11) is 0. The predicted molar refractivity (Wildman–Crippen MR) is 85.8 cm³/mol. The van der Waals surface area contributed by atoms with Gasteiger partial charge in [0.25, 0.3) is 0 Å². The SMILES string of the molecule is CCCCCCCCC(=O)OCC.Cc1ccccc1. The molecule has 114 valence electrons. The monoisotopic (exact) mass is 278 g/mol. The predicted octanol–water partition coefficient (Wildman–Crippen LogP) is 5.30. The molecule has 1 aromatic carbocycles. The first-order valence-corrected chi connectivity index (χ1v) is 7.88. The van der Waals surface area contributed by atoms with E-state index in [0.717, 1.165) is 6.42 Å². The summed E-state index contributed by atoms with van der Waals surface area (Å²) in [6.45, 7) is 6.65. The standard InChI is InChI=1S/C11H22O2.C7H8/c1-3-5-6-7-8-9-10-11(12)13-4-2;1-7-5-3-2-4-6-7/h3-10H2,1-2H3;2-6H,1H3. The highest BCUT2D eigenvalue weighted by atomic mass is 16.5. The summed E-state index contributed by atoms with van der Waals surface area (Å²) in [4.78, 5) is 10.9. The van der Waals surface area contributed by atoms with Crippen molar-refractivity contribution in [3.63, 3.8) is 0 Å². The van der Waals surface area contributed by atoms with Crippen molar-refractivity contribution in [2.45, 2.75) is 65.7 Å². The summed E-state index contributed by atoms with van der Waals surface area (Å²) in [6, 6.07) is 10.3. The zero-order chi connectivity index (χ0) is 15.1. The number of rotatable bonds is 8. The second-order valence-corrected chi connectivity index (χ2v) is 4.98. The zero-order valence-corrected chi connectivity index (χ0v) is 13.4. The summed E-state index contributed by atoms with van der Waals surface area (Å²) < 4.78 is 4.83. The summed E-state index contributed by atoms with van der Waals surface area (Å²) >= 11 is 0. The molecule has 2 heteroatoms. The first-order valence-electron chi connectivity index (χ1n) is 7.88. The Morgan fingerprint density at radius 2 is 1.55 bits per heavy atom. The molecule has 2 nitrogen and oxygen atoms in total. The number of benzene rings is 1. The van der Waals surface area contributed by atoms with Crippen molar-refractivity contribution in [3.8, 4) is 0 Å². The molecule has 0 spiro atoms. The van der Waals surface area contributed by atoms with Crippen molar-refractivity contribution in [2.24, 2.45) is 0 Å². The maximum Gasteiger partial charge on any atom is 0.305 e. The van der Waals surface area contributed by atoms with Crippen LogP contribution in [-0.2, 0) is 9.53 Å². The molecule has 0 saturated carbocycles. The second kappa shape index (κ2) is 14.1. The lowest BCUT2D eigenvalue weighted by molar-refractivity contribution is -0.143. The molecule has 0 N–H and O–H groups in total. The number of hydrogen-bond acceptors (Lipinski definition) is 2. The molecular weight excluding hydrogens is 248 g/mol. The molecular formula is C18H30O2. The largest absolute Gasteiger partial charge is 0.466 e. The summed E-state index contributed by atoms with van der Waals surface area (Å²) in [5.74, 6) is -0.0435. The average Bonchev–Trinajstić information content (AvgIpc) is 2.44. The quantitative estimate of drug-likeness (QED) is 0.476. The van der Waals surface area contributed by atoms with Gasteiger partial charge in [0.15, 0.2) is 0 Å². The molecule has 0 unspecified atom stereocenters. The van der Waals surface area contributed by atoms with E-state index in [1.165, 1.54) is 37.7 Å². The number of ether oxygens (including phenoxy) is 1. The van der Waals surface area contributed by atoms with Crippen LogP contribution >= 0.6 is 0 Å². The van der Waals surface area contributed by atoms with Gasteiger partial charge in [-0.2, -0.15) is 0 Å². The van der Waals surface area contributed by atoms with E-state index in [1.807, 2.05) is 25.1 Å². The first-order chi connectivity index (χ1) is 9.70. The van der Waals surface area contributed by atoms with E-state index in [0.29, 0.717) is 13.0 Å². The van der Waals surface area contributed by atoms with Crippen LogP contribution in [0, 0.1) is 6.92 Å². The number of hydrogen-bond donors (Lipinski definition) is 0.